The number of hydrogen-bond donors (Lipinski definition) is 3. The molecule has 1 aliphatic rings. The summed E-state index contributed by atoms with van der Waals surface area (Å²) in [6.07, 6.45) is -4.30. The molecule has 7 rings (SSSR count). The molecule has 0 unspecified atom stereocenters. The summed E-state index contributed by atoms with van der Waals surface area (Å²) in [5, 5.41) is 17.9. The second-order valence-electron chi connectivity index (χ2n) is 11.7. The van der Waals surface area contributed by atoms with Crippen LogP contribution >= 0.6 is 0 Å². The first-order valence-electron chi connectivity index (χ1n) is 15.0. The molecule has 6 aromatic rings. The number of carboxylic acid groups (broad SMARTS) is 1. The number of amides is 1. The summed E-state index contributed by atoms with van der Waals surface area (Å²) in [4.78, 5) is 16.0. The number of halogens is 3. The summed E-state index contributed by atoms with van der Waals surface area (Å²) in [7, 11) is 0. The first-order valence-corrected chi connectivity index (χ1v) is 15.0. The quantitative estimate of drug-likeness (QED) is 0.150. The summed E-state index contributed by atoms with van der Waals surface area (Å²) in [6, 6.07) is 36.3. The molecule has 1 fully saturated rings. The van der Waals surface area contributed by atoms with Gasteiger partial charge in [0, 0.05) is 18.3 Å². The lowest BCUT2D eigenvalue weighted by Crippen LogP contribution is -2.54. The lowest BCUT2D eigenvalue weighted by Gasteiger charge is -2.42. The van der Waals surface area contributed by atoms with E-state index in [2.05, 4.69) is 20.5 Å². The molecule has 1 amide bonds. The van der Waals surface area contributed by atoms with Crippen molar-refractivity contribution >= 4 is 17.1 Å². The maximum Gasteiger partial charge on any atom is 0.433 e. The van der Waals surface area contributed by atoms with Gasteiger partial charge in [0.2, 0.25) is 0 Å². The van der Waals surface area contributed by atoms with Crippen molar-refractivity contribution in [2.75, 3.05) is 19.8 Å². The van der Waals surface area contributed by atoms with E-state index in [9.17, 15) is 23.1 Å². The number of hydrogen-bond acceptors (Lipinski definition) is 4. The second kappa shape index (κ2) is 11.7. The molecule has 0 spiro atoms. The zero-order valence-corrected chi connectivity index (χ0v) is 25.0. The van der Waals surface area contributed by atoms with Gasteiger partial charge in [-0.15, -0.1) is 0 Å². The minimum absolute atomic E-state index is 0.0706. The van der Waals surface area contributed by atoms with Gasteiger partial charge in [-0.05, 0) is 33.4 Å². The number of aromatic amines is 1. The van der Waals surface area contributed by atoms with E-state index >= 15 is 0 Å². The van der Waals surface area contributed by atoms with Crippen molar-refractivity contribution in [3.8, 4) is 11.1 Å². The number of alkyl halides is 3. The van der Waals surface area contributed by atoms with Crippen molar-refractivity contribution in [1.29, 1.82) is 0 Å². The molecule has 2 aromatic heterocycles. The SMILES string of the molecule is O=C(O)NCC1(c2cccc(-c3c(C(c4ccccc4)(c4ccccc4)c4ccccc4)cnc4n[nH]c(C(F)(F)F)c34)c2)COC1. The number of nitrogens with zero attached hydrogens (tertiary/aromatic N) is 2. The lowest BCUT2D eigenvalue weighted by atomic mass is 9.63. The third kappa shape index (κ3) is 5.11. The molecule has 10 heteroatoms. The smallest absolute Gasteiger partial charge is 0.433 e. The van der Waals surface area contributed by atoms with Crippen LogP contribution in [0.1, 0.15) is 33.5 Å². The molecule has 7 nitrogen and oxygen atoms in total. The molecule has 0 saturated carbocycles. The van der Waals surface area contributed by atoms with Crippen LogP contribution in [0.4, 0.5) is 18.0 Å². The van der Waals surface area contributed by atoms with Crippen LogP contribution in [0.5, 0.6) is 0 Å². The molecular weight excluding hydrogens is 605 g/mol. The van der Waals surface area contributed by atoms with Crippen molar-refractivity contribution in [3.63, 3.8) is 0 Å². The summed E-state index contributed by atoms with van der Waals surface area (Å²) in [6.45, 7) is 0.611. The normalized spacial score (nSPS) is 14.4. The summed E-state index contributed by atoms with van der Waals surface area (Å²) in [5.74, 6) is 0. The zero-order chi connectivity index (χ0) is 32.6. The molecule has 0 atom stereocenters. The number of rotatable bonds is 8. The molecule has 1 saturated heterocycles. The number of nitrogens with one attached hydrogen (secondary N) is 2. The maximum absolute atomic E-state index is 14.8. The number of benzene rings is 4. The molecular formula is C37H29F3N4O3. The molecule has 3 N–H and O–H groups in total. The predicted octanol–water partition coefficient (Wildman–Crippen LogP) is 7.56. The third-order valence-corrected chi connectivity index (χ3v) is 8.99. The van der Waals surface area contributed by atoms with Crippen LogP contribution in [0.25, 0.3) is 22.2 Å². The zero-order valence-electron chi connectivity index (χ0n) is 25.0. The minimum atomic E-state index is -4.76. The fraction of sp³-hybridized carbons (Fsp3) is 0.162. The van der Waals surface area contributed by atoms with Crippen molar-refractivity contribution in [3.05, 3.63) is 155 Å². The Hall–Kier alpha value is -5.48. The molecule has 4 aromatic carbocycles. The van der Waals surface area contributed by atoms with Gasteiger partial charge in [0.05, 0.1) is 29.4 Å². The van der Waals surface area contributed by atoms with Gasteiger partial charge in [-0.1, -0.05) is 115 Å². The average Bonchev–Trinajstić information content (AvgIpc) is 3.51. The summed E-state index contributed by atoms with van der Waals surface area (Å²) >= 11 is 0. The predicted molar refractivity (Wildman–Crippen MR) is 171 cm³/mol. The number of carbonyl (C=O) groups is 1. The standard InChI is InChI=1S/C37H29F3N4O3/c38-37(39,40)32-31-30(24-11-10-18-28(19-24)35(22-47-23-35)21-42-34(45)46)29(20-41-33(31)44-43-32)36(25-12-4-1-5-13-25,26-14-6-2-7-15-26)27-16-8-3-9-17-27/h1-20,42H,21-23H2,(H,45,46)(H,41,43,44). The molecule has 47 heavy (non-hydrogen) atoms. The van der Waals surface area contributed by atoms with Crippen LogP contribution in [-0.4, -0.2) is 46.1 Å². The number of fused-ring (bicyclic) bond motifs is 1. The lowest BCUT2D eigenvalue weighted by molar-refractivity contribution is -0.139. The minimum Gasteiger partial charge on any atom is -0.465 e. The van der Waals surface area contributed by atoms with E-state index in [4.69, 9.17) is 4.74 Å². The Morgan fingerprint density at radius 2 is 1.43 bits per heavy atom. The van der Waals surface area contributed by atoms with E-state index in [0.717, 1.165) is 22.3 Å². The van der Waals surface area contributed by atoms with Gasteiger partial charge in [0.15, 0.2) is 5.65 Å². The van der Waals surface area contributed by atoms with Gasteiger partial charge in [-0.2, -0.15) is 18.3 Å². The van der Waals surface area contributed by atoms with Crippen LogP contribution in [-0.2, 0) is 21.7 Å². The highest BCUT2D eigenvalue weighted by Gasteiger charge is 2.45. The monoisotopic (exact) mass is 634 g/mol. The fourth-order valence-corrected chi connectivity index (χ4v) is 6.78. The number of ether oxygens (including phenoxy) is 1. The highest BCUT2D eigenvalue weighted by Crippen LogP contribution is 2.51. The van der Waals surface area contributed by atoms with Crippen molar-refractivity contribution < 1.29 is 27.8 Å². The van der Waals surface area contributed by atoms with Crippen molar-refractivity contribution in [2.24, 2.45) is 0 Å². The number of aromatic nitrogens is 3. The molecule has 1 aliphatic heterocycles. The first-order chi connectivity index (χ1) is 22.7. The van der Waals surface area contributed by atoms with Gasteiger partial charge >= 0.3 is 12.3 Å². The Bertz CT molecular complexity index is 1950. The van der Waals surface area contributed by atoms with Gasteiger partial charge < -0.3 is 15.2 Å². The van der Waals surface area contributed by atoms with Crippen molar-refractivity contribution in [2.45, 2.75) is 17.0 Å². The number of H-pyrrole nitrogens is 1. The largest absolute Gasteiger partial charge is 0.465 e. The van der Waals surface area contributed by atoms with Gasteiger partial charge in [-0.25, -0.2) is 9.78 Å². The Morgan fingerprint density at radius 1 is 0.851 bits per heavy atom. The highest BCUT2D eigenvalue weighted by molar-refractivity contribution is 5.98. The van der Waals surface area contributed by atoms with Crippen LogP contribution < -0.4 is 5.32 Å². The van der Waals surface area contributed by atoms with E-state index in [1.807, 2.05) is 103 Å². The van der Waals surface area contributed by atoms with Gasteiger partial charge in [-0.3, -0.25) is 5.10 Å². The Labute approximate surface area is 268 Å². The van der Waals surface area contributed by atoms with E-state index in [-0.39, 0.29) is 30.8 Å². The Morgan fingerprint density at radius 3 is 1.91 bits per heavy atom. The molecule has 0 bridgehead atoms. The average molecular weight is 635 g/mol. The van der Waals surface area contributed by atoms with Gasteiger partial charge in [0.1, 0.15) is 5.69 Å². The topological polar surface area (TPSA) is 100 Å². The van der Waals surface area contributed by atoms with Crippen LogP contribution in [0.2, 0.25) is 0 Å². The van der Waals surface area contributed by atoms with Crippen LogP contribution in [0.15, 0.2) is 121 Å². The maximum atomic E-state index is 14.8. The van der Waals surface area contributed by atoms with E-state index in [1.165, 1.54) is 0 Å². The Balaban J connectivity index is 1.62. The summed E-state index contributed by atoms with van der Waals surface area (Å²) < 4.78 is 49.9. The first kappa shape index (κ1) is 30.2. The Kier molecular flexibility index (Phi) is 7.52. The van der Waals surface area contributed by atoms with Crippen LogP contribution in [0, 0.1) is 0 Å². The van der Waals surface area contributed by atoms with Crippen molar-refractivity contribution in [1.82, 2.24) is 20.5 Å². The van der Waals surface area contributed by atoms with Gasteiger partial charge in [0.25, 0.3) is 0 Å². The fourth-order valence-electron chi connectivity index (χ4n) is 6.78. The molecule has 3 heterocycles. The molecule has 236 valence electrons. The van der Waals surface area contributed by atoms with E-state index in [1.54, 1.807) is 18.3 Å². The second-order valence-corrected chi connectivity index (χ2v) is 11.7. The number of pyridine rings is 1. The molecule has 0 radical (unpaired) electrons. The van der Waals surface area contributed by atoms with E-state index in [0.29, 0.717) is 16.7 Å². The third-order valence-electron chi connectivity index (χ3n) is 8.99. The van der Waals surface area contributed by atoms with E-state index < -0.39 is 28.8 Å². The summed E-state index contributed by atoms with van der Waals surface area (Å²) in [5.41, 5.74) is 1.73. The highest BCUT2D eigenvalue weighted by atomic mass is 19.4. The molecule has 0 aliphatic carbocycles. The van der Waals surface area contributed by atoms with Crippen LogP contribution in [0.3, 0.4) is 0 Å².